The Balaban J connectivity index is 4.29. The molecule has 2 atom stereocenters. The quantitative estimate of drug-likeness (QED) is 0.0285. The predicted octanol–water partition coefficient (Wildman–Crippen LogP) is 8.23. The van der Waals surface area contributed by atoms with Gasteiger partial charge in [0.1, 0.15) is 19.8 Å². The summed E-state index contributed by atoms with van der Waals surface area (Å²) in [6.07, 6.45) is 27.0. The zero-order valence-electron chi connectivity index (χ0n) is 28.4. The van der Waals surface area contributed by atoms with E-state index in [1.165, 1.54) is 19.3 Å². The Morgan fingerprint density at radius 1 is 0.727 bits per heavy atom. The molecule has 0 saturated heterocycles. The second-order valence-corrected chi connectivity index (χ2v) is 13.6. The van der Waals surface area contributed by atoms with E-state index in [0.717, 1.165) is 64.2 Å². The van der Waals surface area contributed by atoms with E-state index in [9.17, 15) is 19.0 Å². The smallest absolute Gasteiger partial charge is 0.462 e. The van der Waals surface area contributed by atoms with Crippen LogP contribution < -0.4 is 0 Å². The van der Waals surface area contributed by atoms with E-state index in [1.807, 2.05) is 28.1 Å². The van der Waals surface area contributed by atoms with Crippen molar-refractivity contribution in [2.75, 3.05) is 47.5 Å². The minimum Gasteiger partial charge on any atom is -0.462 e. The van der Waals surface area contributed by atoms with Gasteiger partial charge in [-0.1, -0.05) is 95.2 Å². The van der Waals surface area contributed by atoms with Gasteiger partial charge in [0.25, 0.3) is 0 Å². The lowest BCUT2D eigenvalue weighted by atomic mass is 10.1. The summed E-state index contributed by atoms with van der Waals surface area (Å²) in [6, 6.07) is 0. The number of phosphoric ester groups is 1. The third-order valence-electron chi connectivity index (χ3n) is 6.68. The van der Waals surface area contributed by atoms with Crippen LogP contribution in [0, 0.1) is 0 Å². The van der Waals surface area contributed by atoms with Crippen LogP contribution in [0.1, 0.15) is 117 Å². The molecule has 0 aliphatic heterocycles. The van der Waals surface area contributed by atoms with Crippen LogP contribution in [-0.2, 0) is 32.7 Å². The number of likely N-dealkylation sites (N-methyl/N-ethyl adjacent to an activating group) is 1. The number of nitrogens with zero attached hydrogens (tertiary/aromatic N) is 1. The molecule has 0 bridgehead atoms. The van der Waals surface area contributed by atoms with Gasteiger partial charge in [0.2, 0.25) is 0 Å². The van der Waals surface area contributed by atoms with E-state index in [0.29, 0.717) is 17.4 Å². The van der Waals surface area contributed by atoms with Crippen molar-refractivity contribution < 1.29 is 42.1 Å². The van der Waals surface area contributed by atoms with Crippen molar-refractivity contribution in [2.24, 2.45) is 0 Å². The monoisotopic (exact) mass is 644 g/mol. The fourth-order valence-corrected chi connectivity index (χ4v) is 4.77. The molecule has 10 heteroatoms. The second-order valence-electron chi connectivity index (χ2n) is 12.2. The molecular formula is C34H63NO8P+. The molecule has 0 aromatic heterocycles. The number of ether oxygens (including phenoxy) is 2. The van der Waals surface area contributed by atoms with E-state index in [-0.39, 0.29) is 26.1 Å². The summed E-state index contributed by atoms with van der Waals surface area (Å²) >= 11 is 0. The maximum atomic E-state index is 12.5. The molecule has 0 aromatic rings. The van der Waals surface area contributed by atoms with Gasteiger partial charge in [-0.2, -0.15) is 0 Å². The maximum Gasteiger partial charge on any atom is 0.472 e. The first kappa shape index (κ1) is 42.2. The molecule has 0 fully saturated rings. The minimum atomic E-state index is -4.35. The molecule has 9 nitrogen and oxygen atoms in total. The van der Waals surface area contributed by atoms with Crippen LogP contribution in [0.3, 0.4) is 0 Å². The van der Waals surface area contributed by atoms with Gasteiger partial charge >= 0.3 is 19.8 Å². The van der Waals surface area contributed by atoms with Crippen LogP contribution in [0.5, 0.6) is 0 Å². The number of hydrogen-bond acceptors (Lipinski definition) is 7. The minimum absolute atomic E-state index is 0.0284. The highest BCUT2D eigenvalue weighted by Crippen LogP contribution is 2.43. The first-order chi connectivity index (χ1) is 21.0. The lowest BCUT2D eigenvalue weighted by Crippen LogP contribution is -2.37. The standard InChI is InChI=1S/C34H62NO8P/c1-6-8-10-11-12-13-14-15-16-17-18-19-20-21-22-23-25-27-34(37)43-32(30-40-33(36)26-24-9-7-2)31-42-44(38,39)41-29-28-35(3,4)5/h8,10,12-13,15-16,32H,6-7,9,11,14,17-31H2,1-5H3/p+1/b10-8-,13-12-,16-15-. The summed E-state index contributed by atoms with van der Waals surface area (Å²) < 4.78 is 33.7. The van der Waals surface area contributed by atoms with Crippen molar-refractivity contribution in [3.8, 4) is 0 Å². The number of esters is 2. The Morgan fingerprint density at radius 3 is 1.93 bits per heavy atom. The van der Waals surface area contributed by atoms with Gasteiger partial charge in [-0.3, -0.25) is 18.6 Å². The Morgan fingerprint density at radius 2 is 1.30 bits per heavy atom. The first-order valence-corrected chi connectivity index (χ1v) is 18.2. The van der Waals surface area contributed by atoms with Crippen molar-refractivity contribution in [2.45, 2.75) is 123 Å². The zero-order chi connectivity index (χ0) is 32.9. The maximum absolute atomic E-state index is 12.5. The Labute approximate surface area is 268 Å². The van der Waals surface area contributed by atoms with Gasteiger partial charge in [0.15, 0.2) is 6.10 Å². The van der Waals surface area contributed by atoms with Crippen LogP contribution >= 0.6 is 7.82 Å². The first-order valence-electron chi connectivity index (χ1n) is 16.7. The van der Waals surface area contributed by atoms with E-state index in [2.05, 4.69) is 43.4 Å². The van der Waals surface area contributed by atoms with Crippen LogP contribution in [0.15, 0.2) is 36.5 Å². The molecular weight excluding hydrogens is 581 g/mol. The highest BCUT2D eigenvalue weighted by molar-refractivity contribution is 7.47. The number of carbonyl (C=O) groups excluding carboxylic acids is 2. The molecule has 0 radical (unpaired) electrons. The Hall–Kier alpha value is -1.77. The van der Waals surface area contributed by atoms with Crippen molar-refractivity contribution >= 4 is 19.8 Å². The van der Waals surface area contributed by atoms with Crippen LogP contribution in [0.25, 0.3) is 0 Å². The second kappa shape index (κ2) is 27.5. The van der Waals surface area contributed by atoms with Gasteiger partial charge in [-0.15, -0.1) is 0 Å². The third-order valence-corrected chi connectivity index (χ3v) is 7.67. The number of carbonyl (C=O) groups is 2. The number of rotatable bonds is 29. The number of quaternary nitrogens is 1. The highest BCUT2D eigenvalue weighted by atomic mass is 31.2. The number of unbranched alkanes of at least 4 members (excludes halogenated alkanes) is 9. The fourth-order valence-electron chi connectivity index (χ4n) is 4.02. The number of phosphoric acid groups is 1. The lowest BCUT2D eigenvalue weighted by Gasteiger charge is -2.24. The van der Waals surface area contributed by atoms with Crippen molar-refractivity contribution in [1.29, 1.82) is 0 Å². The van der Waals surface area contributed by atoms with Gasteiger partial charge in [-0.05, 0) is 44.9 Å². The van der Waals surface area contributed by atoms with Crippen molar-refractivity contribution in [3.63, 3.8) is 0 Å². The normalized spacial score (nSPS) is 14.4. The molecule has 0 amide bonds. The summed E-state index contributed by atoms with van der Waals surface area (Å²) in [5.74, 6) is -0.844. The average Bonchev–Trinajstić information content (AvgIpc) is 2.95. The van der Waals surface area contributed by atoms with Gasteiger partial charge in [0, 0.05) is 12.8 Å². The zero-order valence-corrected chi connectivity index (χ0v) is 29.3. The fraction of sp³-hybridized carbons (Fsp3) is 0.765. The topological polar surface area (TPSA) is 108 Å². The molecule has 0 aliphatic carbocycles. The molecule has 0 rings (SSSR count). The molecule has 0 spiro atoms. The van der Waals surface area contributed by atoms with Crippen LogP contribution in [0.2, 0.25) is 0 Å². The van der Waals surface area contributed by atoms with Gasteiger partial charge < -0.3 is 18.9 Å². The predicted molar refractivity (Wildman–Crippen MR) is 178 cm³/mol. The number of allylic oxidation sites excluding steroid dienone is 6. The molecule has 0 saturated carbocycles. The Bertz CT molecular complexity index is 866. The van der Waals surface area contributed by atoms with Gasteiger partial charge in [-0.25, -0.2) is 4.57 Å². The van der Waals surface area contributed by atoms with Crippen LogP contribution in [0.4, 0.5) is 0 Å². The molecule has 2 unspecified atom stereocenters. The van der Waals surface area contributed by atoms with Gasteiger partial charge in [0.05, 0.1) is 27.7 Å². The van der Waals surface area contributed by atoms with E-state index >= 15 is 0 Å². The summed E-state index contributed by atoms with van der Waals surface area (Å²) in [5, 5.41) is 0. The van der Waals surface area contributed by atoms with Crippen LogP contribution in [-0.4, -0.2) is 74.9 Å². The van der Waals surface area contributed by atoms with Crippen molar-refractivity contribution in [1.82, 2.24) is 0 Å². The molecule has 0 aliphatic rings. The van der Waals surface area contributed by atoms with E-state index < -0.39 is 32.5 Å². The largest absolute Gasteiger partial charge is 0.472 e. The average molecular weight is 645 g/mol. The Kier molecular flexibility index (Phi) is 26.4. The van der Waals surface area contributed by atoms with E-state index in [4.69, 9.17) is 18.5 Å². The highest BCUT2D eigenvalue weighted by Gasteiger charge is 2.27. The molecule has 1 N–H and O–H groups in total. The lowest BCUT2D eigenvalue weighted by molar-refractivity contribution is -0.870. The summed E-state index contributed by atoms with van der Waals surface area (Å²) in [4.78, 5) is 34.6. The molecule has 0 aromatic carbocycles. The summed E-state index contributed by atoms with van der Waals surface area (Å²) in [6.45, 7) is 4.08. The molecule has 256 valence electrons. The van der Waals surface area contributed by atoms with Crippen molar-refractivity contribution in [3.05, 3.63) is 36.5 Å². The van der Waals surface area contributed by atoms with E-state index in [1.54, 1.807) is 0 Å². The number of hydrogen-bond donors (Lipinski definition) is 1. The third kappa shape index (κ3) is 30.3. The molecule has 44 heavy (non-hydrogen) atoms. The summed E-state index contributed by atoms with van der Waals surface area (Å²) in [7, 11) is 1.46. The molecule has 0 heterocycles. The SMILES string of the molecule is CC/C=C\C/C=C\C/C=C\CCCCCCCCCC(=O)OC(COC(=O)CCCCC)COP(=O)(O)OCC[N+](C)(C)C. The summed E-state index contributed by atoms with van der Waals surface area (Å²) in [5.41, 5.74) is 0.